The van der Waals surface area contributed by atoms with Crippen LogP contribution in [0.25, 0.3) is 33.5 Å². The maximum absolute atomic E-state index is 11.9. The van der Waals surface area contributed by atoms with Crippen molar-refractivity contribution in [2.24, 2.45) is 0 Å². The van der Waals surface area contributed by atoms with Crippen molar-refractivity contribution in [1.82, 2.24) is 34.7 Å². The average molecular weight is 547 g/mol. The molecule has 2 amide bonds. The number of carbonyl (C=O) groups excluding carboxylic acids is 2. The first-order chi connectivity index (χ1) is 19.0. The first-order valence-corrected chi connectivity index (χ1v) is 12.9. The molecular weight excluding hydrogens is 512 g/mol. The fourth-order valence-corrected chi connectivity index (χ4v) is 4.44. The summed E-state index contributed by atoms with van der Waals surface area (Å²) in [6.07, 6.45) is 4.35. The van der Waals surface area contributed by atoms with E-state index >= 15 is 0 Å². The summed E-state index contributed by atoms with van der Waals surface area (Å²) in [5, 5.41) is 2.62. The molecule has 1 aromatic carbocycles. The largest absolute Gasteiger partial charge is 0.450 e. The molecule has 0 aliphatic carbocycles. The van der Waals surface area contributed by atoms with Crippen LogP contribution >= 0.6 is 0 Å². The summed E-state index contributed by atoms with van der Waals surface area (Å²) in [6, 6.07) is 9.72. The standard InChI is InChI=1S/C27H30N8O4.CH4/c1-3-38-26(36)33-25-31-22-15-19(14-21(23(22)32-25)24-28-8-5-9-29-24)18-6-7-20(30-16-18)17-34-10-12-35(13-11-34)27(37)39-4-2;/h5-9,14-16H,3-4,10-13,17H2,1-2H3,(H2,31,32,33,36);1H4. The molecule has 0 atom stereocenters. The van der Waals surface area contributed by atoms with Crippen molar-refractivity contribution < 1.29 is 19.1 Å². The molecule has 0 bridgehead atoms. The van der Waals surface area contributed by atoms with Gasteiger partial charge in [-0.1, -0.05) is 13.5 Å². The molecule has 2 N–H and O–H groups in total. The predicted octanol–water partition coefficient (Wildman–Crippen LogP) is 4.56. The van der Waals surface area contributed by atoms with Crippen LogP contribution in [0.1, 0.15) is 27.0 Å². The highest BCUT2D eigenvalue weighted by Gasteiger charge is 2.22. The smallest absolute Gasteiger partial charge is 0.413 e. The number of rotatable bonds is 7. The van der Waals surface area contributed by atoms with Crippen molar-refractivity contribution in [3.63, 3.8) is 0 Å². The van der Waals surface area contributed by atoms with Gasteiger partial charge in [-0.3, -0.25) is 15.2 Å². The van der Waals surface area contributed by atoms with Crippen LogP contribution in [-0.4, -0.2) is 86.3 Å². The van der Waals surface area contributed by atoms with E-state index in [9.17, 15) is 9.59 Å². The summed E-state index contributed by atoms with van der Waals surface area (Å²) < 4.78 is 10.1. The number of nitrogens with one attached hydrogen (secondary N) is 2. The van der Waals surface area contributed by atoms with Crippen LogP contribution in [0.3, 0.4) is 0 Å². The van der Waals surface area contributed by atoms with E-state index in [-0.39, 0.29) is 26.1 Å². The van der Waals surface area contributed by atoms with Gasteiger partial charge in [-0.25, -0.2) is 24.5 Å². The maximum Gasteiger partial charge on any atom is 0.413 e. The van der Waals surface area contributed by atoms with Gasteiger partial charge in [-0.2, -0.15) is 0 Å². The molecule has 1 saturated heterocycles. The second-order valence-corrected chi connectivity index (χ2v) is 8.92. The minimum atomic E-state index is -0.587. The zero-order valence-corrected chi connectivity index (χ0v) is 21.9. The molecular formula is C28H34N8O4. The Morgan fingerprint density at radius 1 is 0.975 bits per heavy atom. The number of benzene rings is 1. The molecule has 5 rings (SSSR count). The Hall–Kier alpha value is -4.58. The molecule has 0 unspecified atom stereocenters. The normalized spacial score (nSPS) is 13.5. The Bertz CT molecular complexity index is 1430. The van der Waals surface area contributed by atoms with Crippen LogP contribution in [0.15, 0.2) is 48.9 Å². The molecule has 3 aromatic heterocycles. The minimum Gasteiger partial charge on any atom is -0.450 e. The topological polar surface area (TPSA) is 138 Å². The summed E-state index contributed by atoms with van der Waals surface area (Å²) in [4.78, 5) is 49.1. The Morgan fingerprint density at radius 2 is 1.73 bits per heavy atom. The highest BCUT2D eigenvalue weighted by molar-refractivity contribution is 5.96. The number of fused-ring (bicyclic) bond motifs is 1. The number of nitrogens with zero attached hydrogens (tertiary/aromatic N) is 6. The van der Waals surface area contributed by atoms with Gasteiger partial charge in [0.2, 0.25) is 5.95 Å². The lowest BCUT2D eigenvalue weighted by atomic mass is 10.0. The molecule has 40 heavy (non-hydrogen) atoms. The van der Waals surface area contributed by atoms with E-state index in [2.05, 4.69) is 30.2 Å². The first kappa shape index (κ1) is 28.4. The lowest BCUT2D eigenvalue weighted by Crippen LogP contribution is -2.48. The fourth-order valence-electron chi connectivity index (χ4n) is 4.44. The molecule has 210 valence electrons. The van der Waals surface area contributed by atoms with Gasteiger partial charge in [0.25, 0.3) is 0 Å². The molecule has 12 nitrogen and oxygen atoms in total. The van der Waals surface area contributed by atoms with Crippen LogP contribution in [0.5, 0.6) is 0 Å². The number of H-pyrrole nitrogens is 1. The second-order valence-electron chi connectivity index (χ2n) is 8.92. The van der Waals surface area contributed by atoms with Crippen molar-refractivity contribution in [2.45, 2.75) is 27.8 Å². The molecule has 4 heterocycles. The molecule has 0 radical (unpaired) electrons. The van der Waals surface area contributed by atoms with Gasteiger partial charge in [-0.15, -0.1) is 0 Å². The number of aromatic nitrogens is 5. The minimum absolute atomic E-state index is 0. The van der Waals surface area contributed by atoms with Gasteiger partial charge in [-0.05, 0) is 43.7 Å². The number of pyridine rings is 1. The van der Waals surface area contributed by atoms with E-state index in [1.807, 2.05) is 37.4 Å². The Kier molecular flexibility index (Phi) is 9.23. The second kappa shape index (κ2) is 13.0. The summed E-state index contributed by atoms with van der Waals surface area (Å²) in [7, 11) is 0. The molecule has 0 saturated carbocycles. The van der Waals surface area contributed by atoms with Crippen molar-refractivity contribution in [3.8, 4) is 22.5 Å². The SMILES string of the molecule is C.CCOC(=O)Nc1nc2c(-c3ncccn3)cc(-c3ccc(CN4CCN(C(=O)OCC)CC4)nc3)cc2[nH]1. The van der Waals surface area contributed by atoms with Crippen LogP contribution in [0.4, 0.5) is 15.5 Å². The van der Waals surface area contributed by atoms with Crippen molar-refractivity contribution in [2.75, 3.05) is 44.7 Å². The van der Waals surface area contributed by atoms with E-state index in [0.29, 0.717) is 43.1 Å². The fraction of sp³-hybridized carbons (Fsp3) is 0.357. The summed E-state index contributed by atoms with van der Waals surface area (Å²) >= 11 is 0. The Morgan fingerprint density at radius 3 is 2.40 bits per heavy atom. The number of piperazine rings is 1. The van der Waals surface area contributed by atoms with Gasteiger partial charge in [0.1, 0.15) is 5.52 Å². The summed E-state index contributed by atoms with van der Waals surface area (Å²) in [5.41, 5.74) is 4.82. The first-order valence-electron chi connectivity index (χ1n) is 12.9. The van der Waals surface area contributed by atoms with Gasteiger partial charge in [0.05, 0.1) is 24.4 Å². The molecule has 12 heteroatoms. The zero-order chi connectivity index (χ0) is 27.2. The average Bonchev–Trinajstić information content (AvgIpc) is 3.36. The van der Waals surface area contributed by atoms with Gasteiger partial charge < -0.3 is 19.4 Å². The van der Waals surface area contributed by atoms with E-state index in [1.165, 1.54) is 0 Å². The summed E-state index contributed by atoms with van der Waals surface area (Å²) in [5.74, 6) is 0.791. The van der Waals surface area contributed by atoms with Crippen molar-refractivity contribution in [1.29, 1.82) is 0 Å². The van der Waals surface area contributed by atoms with Crippen LogP contribution in [-0.2, 0) is 16.0 Å². The predicted molar refractivity (Wildman–Crippen MR) is 152 cm³/mol. The highest BCUT2D eigenvalue weighted by atomic mass is 16.6. The number of amides is 2. The number of carbonyl (C=O) groups is 2. The third-order valence-corrected chi connectivity index (χ3v) is 6.33. The Balaban J connectivity index is 0.00000370. The van der Waals surface area contributed by atoms with Crippen molar-refractivity contribution >= 4 is 29.2 Å². The van der Waals surface area contributed by atoms with E-state index in [4.69, 9.17) is 14.5 Å². The zero-order valence-electron chi connectivity index (χ0n) is 21.9. The number of hydrogen-bond acceptors (Lipinski definition) is 9. The third-order valence-electron chi connectivity index (χ3n) is 6.33. The number of imidazole rings is 1. The molecule has 4 aromatic rings. The van der Waals surface area contributed by atoms with Crippen LogP contribution in [0.2, 0.25) is 0 Å². The van der Waals surface area contributed by atoms with Gasteiger partial charge in [0, 0.05) is 62.4 Å². The van der Waals surface area contributed by atoms with Gasteiger partial charge in [0.15, 0.2) is 5.82 Å². The lowest BCUT2D eigenvalue weighted by molar-refractivity contribution is 0.0775. The monoisotopic (exact) mass is 546 g/mol. The molecule has 1 aliphatic rings. The number of hydrogen-bond donors (Lipinski definition) is 2. The van der Waals surface area contributed by atoms with Crippen LogP contribution in [0, 0.1) is 0 Å². The lowest BCUT2D eigenvalue weighted by Gasteiger charge is -2.33. The van der Waals surface area contributed by atoms with Gasteiger partial charge >= 0.3 is 12.2 Å². The van der Waals surface area contributed by atoms with E-state index in [1.54, 1.807) is 30.3 Å². The van der Waals surface area contributed by atoms with E-state index < -0.39 is 6.09 Å². The molecule has 1 aliphatic heterocycles. The number of aromatic amines is 1. The Labute approximate surface area is 232 Å². The summed E-state index contributed by atoms with van der Waals surface area (Å²) in [6.45, 7) is 7.69. The third kappa shape index (κ3) is 6.52. The van der Waals surface area contributed by atoms with Crippen molar-refractivity contribution in [3.05, 3.63) is 54.6 Å². The highest BCUT2D eigenvalue weighted by Crippen LogP contribution is 2.32. The number of ether oxygens (including phenoxy) is 2. The maximum atomic E-state index is 11.9. The molecule has 0 spiro atoms. The number of anilines is 1. The van der Waals surface area contributed by atoms with E-state index in [0.717, 1.165) is 35.5 Å². The van der Waals surface area contributed by atoms with Crippen LogP contribution < -0.4 is 5.32 Å². The molecule has 1 fully saturated rings. The quantitative estimate of drug-likeness (QED) is 0.341.